The van der Waals surface area contributed by atoms with Crippen LogP contribution in [0.1, 0.15) is 43.5 Å². The van der Waals surface area contributed by atoms with Gasteiger partial charge >= 0.3 is 0 Å². The summed E-state index contributed by atoms with van der Waals surface area (Å²) in [5.41, 5.74) is 1.20. The molecular weight excluding hydrogens is 316 g/mol. The number of nitrogens with zero attached hydrogens (tertiary/aromatic N) is 4. The highest BCUT2D eigenvalue weighted by Crippen LogP contribution is 2.23. The van der Waals surface area contributed by atoms with E-state index in [-0.39, 0.29) is 5.91 Å². The first-order valence-electron chi connectivity index (χ1n) is 9.04. The zero-order chi connectivity index (χ0) is 17.6. The molecule has 1 N–H and O–H groups in total. The molecule has 3 rings (SSSR count). The Kier molecular flexibility index (Phi) is 5.68. The summed E-state index contributed by atoms with van der Waals surface area (Å²) < 4.78 is 1.87. The molecule has 1 aromatic heterocycles. The second-order valence-corrected chi connectivity index (χ2v) is 6.80. The van der Waals surface area contributed by atoms with Gasteiger partial charge in [0, 0.05) is 32.5 Å². The van der Waals surface area contributed by atoms with Crippen molar-refractivity contribution in [3.8, 4) is 5.75 Å². The highest BCUT2D eigenvalue weighted by molar-refractivity contribution is 5.76. The van der Waals surface area contributed by atoms with Gasteiger partial charge in [0.05, 0.1) is 0 Å². The van der Waals surface area contributed by atoms with Gasteiger partial charge in [-0.2, -0.15) is 0 Å². The fraction of sp³-hybridized carbons (Fsp3) is 0.526. The normalized spacial score (nSPS) is 17.6. The van der Waals surface area contributed by atoms with E-state index in [1.165, 1.54) is 12.0 Å². The van der Waals surface area contributed by atoms with Crippen molar-refractivity contribution >= 4 is 5.91 Å². The number of hydrogen-bond donors (Lipinski definition) is 1. The molecule has 1 aromatic carbocycles. The first-order chi connectivity index (χ1) is 12.1. The molecule has 0 bridgehead atoms. The average Bonchev–Trinajstić information content (AvgIpc) is 3.04. The Labute approximate surface area is 148 Å². The number of carbonyl (C=O) groups excluding carboxylic acids is 1. The maximum absolute atomic E-state index is 12.7. The molecule has 6 nitrogen and oxygen atoms in total. The third-order valence-electron chi connectivity index (χ3n) is 5.02. The number of aromatic nitrogens is 3. The van der Waals surface area contributed by atoms with Crippen LogP contribution in [-0.2, 0) is 24.7 Å². The van der Waals surface area contributed by atoms with Crippen molar-refractivity contribution in [1.82, 2.24) is 19.7 Å². The van der Waals surface area contributed by atoms with E-state index in [1.54, 1.807) is 18.5 Å². The Morgan fingerprint density at radius 2 is 2.04 bits per heavy atom. The Morgan fingerprint density at radius 3 is 2.76 bits per heavy atom. The van der Waals surface area contributed by atoms with Gasteiger partial charge in [-0.15, -0.1) is 10.2 Å². The molecule has 0 spiro atoms. The number of piperidine rings is 1. The maximum atomic E-state index is 12.7. The lowest BCUT2D eigenvalue weighted by molar-refractivity contribution is -0.135. The number of phenols is 1. The van der Waals surface area contributed by atoms with Crippen LogP contribution in [0.3, 0.4) is 0 Å². The summed E-state index contributed by atoms with van der Waals surface area (Å²) in [6.45, 7) is 0.859. The van der Waals surface area contributed by atoms with Crippen LogP contribution in [0.5, 0.6) is 5.75 Å². The molecule has 0 saturated carbocycles. The second-order valence-electron chi connectivity index (χ2n) is 6.80. The molecule has 6 heteroatoms. The van der Waals surface area contributed by atoms with Crippen LogP contribution in [0, 0.1) is 0 Å². The first kappa shape index (κ1) is 17.5. The van der Waals surface area contributed by atoms with E-state index in [9.17, 15) is 9.90 Å². The highest BCUT2D eigenvalue weighted by atomic mass is 16.3. The third-order valence-corrected chi connectivity index (χ3v) is 5.02. The molecule has 134 valence electrons. The third kappa shape index (κ3) is 4.59. The lowest BCUT2D eigenvalue weighted by atomic mass is 9.95. The smallest absolute Gasteiger partial charge is 0.223 e. The molecule has 1 atom stereocenters. The number of hydrogen-bond acceptors (Lipinski definition) is 4. The summed E-state index contributed by atoms with van der Waals surface area (Å²) in [7, 11) is 1.90. The van der Waals surface area contributed by atoms with Gasteiger partial charge in [-0.25, -0.2) is 0 Å². The van der Waals surface area contributed by atoms with Crippen LogP contribution in [0.15, 0.2) is 30.6 Å². The van der Waals surface area contributed by atoms with Crippen LogP contribution in [0.4, 0.5) is 0 Å². The number of carbonyl (C=O) groups is 1. The molecule has 25 heavy (non-hydrogen) atoms. The SMILES string of the molecule is Cn1cnnc1CCC(=O)N1CCCCC1CCc1ccc(O)cc1. The maximum Gasteiger partial charge on any atom is 0.223 e. The summed E-state index contributed by atoms with van der Waals surface area (Å²) >= 11 is 0. The molecule has 2 aromatic rings. The minimum Gasteiger partial charge on any atom is -0.508 e. The van der Waals surface area contributed by atoms with Crippen molar-refractivity contribution in [2.24, 2.45) is 7.05 Å². The Morgan fingerprint density at radius 1 is 1.24 bits per heavy atom. The van der Waals surface area contributed by atoms with Crippen LogP contribution < -0.4 is 0 Å². The van der Waals surface area contributed by atoms with Crippen LogP contribution in [0.2, 0.25) is 0 Å². The largest absolute Gasteiger partial charge is 0.508 e. The Hall–Kier alpha value is -2.37. The van der Waals surface area contributed by atoms with E-state index >= 15 is 0 Å². The summed E-state index contributed by atoms with van der Waals surface area (Å²) in [6, 6.07) is 7.67. The minimum absolute atomic E-state index is 0.221. The predicted octanol–water partition coefficient (Wildman–Crippen LogP) is 2.47. The van der Waals surface area contributed by atoms with E-state index < -0.39 is 0 Å². The molecule has 0 radical (unpaired) electrons. The monoisotopic (exact) mass is 342 g/mol. The van der Waals surface area contributed by atoms with Crippen molar-refractivity contribution in [1.29, 1.82) is 0 Å². The number of rotatable bonds is 6. The number of phenolic OH excluding ortho intramolecular Hbond substituents is 1. The van der Waals surface area contributed by atoms with Gasteiger partial charge in [0.25, 0.3) is 0 Å². The topological polar surface area (TPSA) is 71.2 Å². The fourth-order valence-electron chi connectivity index (χ4n) is 3.52. The number of aryl methyl sites for hydroxylation is 3. The lowest BCUT2D eigenvalue weighted by Crippen LogP contribution is -2.44. The minimum atomic E-state index is 0.221. The van der Waals surface area contributed by atoms with E-state index in [0.29, 0.717) is 24.6 Å². The summed E-state index contributed by atoms with van der Waals surface area (Å²) in [5.74, 6) is 1.37. The van der Waals surface area contributed by atoms with Crippen molar-refractivity contribution < 1.29 is 9.90 Å². The van der Waals surface area contributed by atoms with Crippen LogP contribution >= 0.6 is 0 Å². The molecule has 1 fully saturated rings. The van der Waals surface area contributed by atoms with Crippen molar-refractivity contribution in [3.63, 3.8) is 0 Å². The summed E-state index contributed by atoms with van der Waals surface area (Å²) in [5, 5.41) is 17.3. The Bertz CT molecular complexity index is 696. The van der Waals surface area contributed by atoms with Gasteiger partial charge in [-0.3, -0.25) is 4.79 Å². The zero-order valence-corrected chi connectivity index (χ0v) is 14.8. The van der Waals surface area contributed by atoms with E-state index in [0.717, 1.165) is 38.1 Å². The van der Waals surface area contributed by atoms with Gasteiger partial charge in [-0.1, -0.05) is 12.1 Å². The Balaban J connectivity index is 1.55. The van der Waals surface area contributed by atoms with Gasteiger partial charge in [0.15, 0.2) is 0 Å². The average molecular weight is 342 g/mol. The molecule has 2 heterocycles. The van der Waals surface area contributed by atoms with Crippen molar-refractivity contribution in [3.05, 3.63) is 42.0 Å². The molecular formula is C19H26N4O2. The molecule has 0 aliphatic carbocycles. The number of likely N-dealkylation sites (tertiary alicyclic amines) is 1. The van der Waals surface area contributed by atoms with Gasteiger partial charge in [-0.05, 0) is 49.8 Å². The highest BCUT2D eigenvalue weighted by Gasteiger charge is 2.26. The molecule has 1 unspecified atom stereocenters. The molecule has 1 aliphatic heterocycles. The van der Waals surface area contributed by atoms with E-state index in [4.69, 9.17) is 0 Å². The van der Waals surface area contributed by atoms with Crippen molar-refractivity contribution in [2.45, 2.75) is 51.0 Å². The molecule has 1 saturated heterocycles. The zero-order valence-electron chi connectivity index (χ0n) is 14.8. The lowest BCUT2D eigenvalue weighted by Gasteiger charge is -2.36. The van der Waals surface area contributed by atoms with Gasteiger partial charge < -0.3 is 14.6 Å². The summed E-state index contributed by atoms with van der Waals surface area (Å²) in [6.07, 6.45) is 8.05. The summed E-state index contributed by atoms with van der Waals surface area (Å²) in [4.78, 5) is 14.8. The number of aromatic hydroxyl groups is 1. The first-order valence-corrected chi connectivity index (χ1v) is 9.04. The van der Waals surface area contributed by atoms with Gasteiger partial charge in [0.2, 0.25) is 5.91 Å². The second kappa shape index (κ2) is 8.14. The predicted molar refractivity (Wildman–Crippen MR) is 95.1 cm³/mol. The molecule has 1 aliphatic rings. The number of benzene rings is 1. The van der Waals surface area contributed by atoms with Crippen LogP contribution in [-0.4, -0.2) is 43.3 Å². The van der Waals surface area contributed by atoms with Crippen LogP contribution in [0.25, 0.3) is 0 Å². The van der Waals surface area contributed by atoms with Gasteiger partial charge in [0.1, 0.15) is 17.9 Å². The number of amides is 1. The van der Waals surface area contributed by atoms with E-state index in [2.05, 4.69) is 15.1 Å². The van der Waals surface area contributed by atoms with E-state index in [1.807, 2.05) is 23.7 Å². The quantitative estimate of drug-likeness (QED) is 0.875. The standard InChI is InChI=1S/C19H26N4O2/c1-22-14-20-21-18(22)11-12-19(25)23-13-3-2-4-16(23)8-5-15-6-9-17(24)10-7-15/h6-7,9-10,14,16,24H,2-5,8,11-13H2,1H3. The molecule has 1 amide bonds. The fourth-order valence-corrected chi connectivity index (χ4v) is 3.52. The van der Waals surface area contributed by atoms with Crippen molar-refractivity contribution in [2.75, 3.05) is 6.54 Å².